The van der Waals surface area contributed by atoms with Gasteiger partial charge in [0.1, 0.15) is 5.75 Å². The van der Waals surface area contributed by atoms with Gasteiger partial charge in [0.05, 0.1) is 5.56 Å². The minimum Gasteiger partial charge on any atom is -0.439 e. The van der Waals surface area contributed by atoms with E-state index in [9.17, 15) is 4.79 Å². The first-order valence-corrected chi connectivity index (χ1v) is 7.98. The van der Waals surface area contributed by atoms with Gasteiger partial charge in [-0.2, -0.15) is 0 Å². The van der Waals surface area contributed by atoms with Crippen molar-refractivity contribution in [1.82, 2.24) is 9.97 Å². The number of nitrogens with zero attached hydrogens (tertiary/aromatic N) is 2. The van der Waals surface area contributed by atoms with Crippen LogP contribution in [0.4, 0.5) is 5.13 Å². The van der Waals surface area contributed by atoms with Gasteiger partial charge in [0, 0.05) is 28.3 Å². The zero-order valence-corrected chi connectivity index (χ0v) is 13.6. The summed E-state index contributed by atoms with van der Waals surface area (Å²) in [6.07, 6.45) is 3.10. The van der Waals surface area contributed by atoms with E-state index in [0.29, 0.717) is 22.3 Å². The molecule has 0 bridgehead atoms. The highest BCUT2D eigenvalue weighted by Crippen LogP contribution is 2.22. The fraction of sp³-hybridized carbons (Fsp3) is 0. The topological polar surface area (TPSA) is 64.1 Å². The van der Waals surface area contributed by atoms with Gasteiger partial charge in [-0.1, -0.05) is 15.9 Å². The lowest BCUT2D eigenvalue weighted by Gasteiger charge is -2.06. The van der Waals surface area contributed by atoms with Gasteiger partial charge in [0.15, 0.2) is 5.13 Å². The number of benzene rings is 1. The predicted molar refractivity (Wildman–Crippen MR) is 88.5 cm³/mol. The summed E-state index contributed by atoms with van der Waals surface area (Å²) in [7, 11) is 0. The fourth-order valence-corrected chi connectivity index (χ4v) is 2.44. The van der Waals surface area contributed by atoms with Crippen molar-refractivity contribution in [2.24, 2.45) is 0 Å². The molecule has 0 aliphatic carbocycles. The van der Waals surface area contributed by atoms with Gasteiger partial charge < -0.3 is 4.74 Å². The van der Waals surface area contributed by atoms with E-state index >= 15 is 0 Å². The number of carbonyl (C=O) groups excluding carboxylic acids is 1. The van der Waals surface area contributed by atoms with Crippen LogP contribution < -0.4 is 10.1 Å². The Morgan fingerprint density at radius 3 is 2.59 bits per heavy atom. The highest BCUT2D eigenvalue weighted by atomic mass is 79.9. The molecule has 0 saturated heterocycles. The van der Waals surface area contributed by atoms with Crippen molar-refractivity contribution in [1.29, 1.82) is 0 Å². The van der Waals surface area contributed by atoms with Crippen LogP contribution >= 0.6 is 27.3 Å². The smallest absolute Gasteiger partial charge is 0.259 e. The third-order valence-corrected chi connectivity index (χ3v) is 3.90. The van der Waals surface area contributed by atoms with Gasteiger partial charge in [-0.05, 0) is 30.3 Å². The number of halogens is 1. The van der Waals surface area contributed by atoms with E-state index in [1.807, 2.05) is 24.3 Å². The minimum absolute atomic E-state index is 0.252. The van der Waals surface area contributed by atoms with Crippen LogP contribution in [-0.4, -0.2) is 15.9 Å². The average Bonchev–Trinajstić information content (AvgIpc) is 3.03. The molecule has 5 nitrogen and oxygen atoms in total. The average molecular weight is 376 g/mol. The molecule has 0 atom stereocenters. The molecule has 0 aliphatic heterocycles. The Kier molecular flexibility index (Phi) is 4.45. The molecule has 110 valence electrons. The molecule has 22 heavy (non-hydrogen) atoms. The van der Waals surface area contributed by atoms with E-state index in [4.69, 9.17) is 4.74 Å². The third kappa shape index (κ3) is 3.69. The number of ether oxygens (including phenoxy) is 1. The van der Waals surface area contributed by atoms with Gasteiger partial charge >= 0.3 is 0 Å². The molecule has 2 heterocycles. The van der Waals surface area contributed by atoms with Crippen molar-refractivity contribution in [2.75, 3.05) is 5.32 Å². The summed E-state index contributed by atoms with van der Waals surface area (Å²) >= 11 is 4.72. The van der Waals surface area contributed by atoms with Crippen LogP contribution in [0, 0.1) is 0 Å². The van der Waals surface area contributed by atoms with Gasteiger partial charge in [0.2, 0.25) is 5.88 Å². The quantitative estimate of drug-likeness (QED) is 0.736. The largest absolute Gasteiger partial charge is 0.439 e. The van der Waals surface area contributed by atoms with E-state index in [-0.39, 0.29) is 5.91 Å². The van der Waals surface area contributed by atoms with Gasteiger partial charge in [-0.3, -0.25) is 10.1 Å². The standard InChI is InChI=1S/C15H10BrN3O2S/c16-11-2-4-12(5-3-11)21-13-6-1-10(9-18-13)14(20)19-15-17-7-8-22-15/h1-9H,(H,17,19,20). The monoisotopic (exact) mass is 375 g/mol. The van der Waals surface area contributed by atoms with E-state index in [1.54, 1.807) is 23.7 Å². The summed E-state index contributed by atoms with van der Waals surface area (Å²) in [5, 5.41) is 5.05. The molecule has 3 rings (SSSR count). The van der Waals surface area contributed by atoms with Crippen LogP contribution in [0.25, 0.3) is 0 Å². The van der Waals surface area contributed by atoms with Gasteiger partial charge in [-0.15, -0.1) is 11.3 Å². The normalized spacial score (nSPS) is 10.2. The van der Waals surface area contributed by atoms with Crippen LogP contribution in [0.5, 0.6) is 11.6 Å². The lowest BCUT2D eigenvalue weighted by molar-refractivity contribution is 0.102. The number of thiazole rings is 1. The summed E-state index contributed by atoms with van der Waals surface area (Å²) in [5.74, 6) is 0.849. The van der Waals surface area contributed by atoms with Gasteiger partial charge in [-0.25, -0.2) is 9.97 Å². The summed E-state index contributed by atoms with van der Waals surface area (Å²) in [6, 6.07) is 10.7. The molecule has 1 amide bonds. The molecule has 0 fully saturated rings. The van der Waals surface area contributed by atoms with E-state index < -0.39 is 0 Å². The second kappa shape index (κ2) is 6.67. The molecule has 0 spiro atoms. The number of anilines is 1. The number of pyridine rings is 1. The number of hydrogen-bond acceptors (Lipinski definition) is 5. The molecular formula is C15H10BrN3O2S. The molecule has 3 aromatic rings. The lowest BCUT2D eigenvalue weighted by atomic mass is 10.3. The van der Waals surface area contributed by atoms with Crippen LogP contribution in [0.3, 0.4) is 0 Å². The van der Waals surface area contributed by atoms with Crippen LogP contribution in [-0.2, 0) is 0 Å². The second-order valence-electron chi connectivity index (χ2n) is 4.23. The number of carbonyl (C=O) groups is 1. The Morgan fingerprint density at radius 2 is 1.95 bits per heavy atom. The zero-order valence-electron chi connectivity index (χ0n) is 11.2. The second-order valence-corrected chi connectivity index (χ2v) is 6.04. The van der Waals surface area contributed by atoms with Crippen LogP contribution in [0.1, 0.15) is 10.4 Å². The molecule has 7 heteroatoms. The highest BCUT2D eigenvalue weighted by Gasteiger charge is 2.08. The molecule has 0 saturated carbocycles. The minimum atomic E-state index is -0.252. The van der Waals surface area contributed by atoms with Crippen molar-refractivity contribution in [3.8, 4) is 11.6 Å². The molecular weight excluding hydrogens is 366 g/mol. The molecule has 1 aromatic carbocycles. The lowest BCUT2D eigenvalue weighted by Crippen LogP contribution is -2.11. The number of hydrogen-bond donors (Lipinski definition) is 1. The molecule has 0 unspecified atom stereocenters. The SMILES string of the molecule is O=C(Nc1nccs1)c1ccc(Oc2ccc(Br)cc2)nc1. The van der Waals surface area contributed by atoms with Crippen LogP contribution in [0.2, 0.25) is 0 Å². The Hall–Kier alpha value is -2.25. The fourth-order valence-electron chi connectivity index (χ4n) is 1.65. The Labute approximate surface area is 139 Å². The molecule has 0 aliphatic rings. The van der Waals surface area contributed by atoms with E-state index in [2.05, 4.69) is 31.2 Å². The molecule has 1 N–H and O–H groups in total. The first-order valence-electron chi connectivity index (χ1n) is 6.31. The van der Waals surface area contributed by atoms with Crippen LogP contribution in [0.15, 0.2) is 58.6 Å². The number of nitrogens with one attached hydrogen (secondary N) is 1. The van der Waals surface area contributed by atoms with Crippen molar-refractivity contribution in [2.45, 2.75) is 0 Å². The highest BCUT2D eigenvalue weighted by molar-refractivity contribution is 9.10. The Balaban J connectivity index is 1.67. The number of aromatic nitrogens is 2. The first-order chi connectivity index (χ1) is 10.7. The van der Waals surface area contributed by atoms with E-state index in [1.165, 1.54) is 17.5 Å². The van der Waals surface area contributed by atoms with E-state index in [0.717, 1.165) is 4.47 Å². The first kappa shape index (κ1) is 14.7. The maximum absolute atomic E-state index is 12.0. The summed E-state index contributed by atoms with van der Waals surface area (Å²) in [6.45, 7) is 0. The van der Waals surface area contributed by atoms with Crippen molar-refractivity contribution in [3.63, 3.8) is 0 Å². The Bertz CT molecular complexity index is 758. The third-order valence-electron chi connectivity index (χ3n) is 2.69. The maximum Gasteiger partial charge on any atom is 0.259 e. The van der Waals surface area contributed by atoms with Crippen molar-refractivity contribution in [3.05, 3.63) is 64.2 Å². The summed E-state index contributed by atoms with van der Waals surface area (Å²) in [5.41, 5.74) is 0.443. The summed E-state index contributed by atoms with van der Waals surface area (Å²) in [4.78, 5) is 20.1. The van der Waals surface area contributed by atoms with Crippen molar-refractivity contribution >= 4 is 38.3 Å². The molecule has 2 aromatic heterocycles. The Morgan fingerprint density at radius 1 is 1.14 bits per heavy atom. The zero-order chi connectivity index (χ0) is 15.4. The maximum atomic E-state index is 12.0. The number of rotatable bonds is 4. The summed E-state index contributed by atoms with van der Waals surface area (Å²) < 4.78 is 6.57. The van der Waals surface area contributed by atoms with Gasteiger partial charge in [0.25, 0.3) is 5.91 Å². The van der Waals surface area contributed by atoms with Crippen molar-refractivity contribution < 1.29 is 9.53 Å². The molecule has 0 radical (unpaired) electrons. The predicted octanol–water partition coefficient (Wildman–Crippen LogP) is 4.35. The number of amides is 1.